The average Bonchev–Trinajstić information content (AvgIpc) is 2.66. The van der Waals surface area contributed by atoms with Crippen molar-refractivity contribution in [3.05, 3.63) is 0 Å². The third kappa shape index (κ3) is 4.45. The minimum Gasteiger partial charge on any atom is -0.352 e. The van der Waals surface area contributed by atoms with Gasteiger partial charge in [-0.1, -0.05) is 41.6 Å². The number of amides is 1. The van der Waals surface area contributed by atoms with Gasteiger partial charge in [-0.25, -0.2) is 0 Å². The summed E-state index contributed by atoms with van der Waals surface area (Å²) in [5, 5.41) is 4.19. The number of hydrogen-bond donors (Lipinski definition) is 1. The lowest BCUT2D eigenvalue weighted by Gasteiger charge is -2.35. The molecule has 0 spiro atoms. The third-order valence-electron chi connectivity index (χ3n) is 4.69. The van der Waals surface area contributed by atoms with E-state index in [0.717, 1.165) is 24.8 Å². The number of likely N-dealkylation sites (tertiary alicyclic amines) is 1. The molecule has 1 saturated heterocycles. The summed E-state index contributed by atoms with van der Waals surface area (Å²) >= 11 is 3.77. The highest BCUT2D eigenvalue weighted by atomic mass is 79.9. The van der Waals surface area contributed by atoms with E-state index >= 15 is 0 Å². The van der Waals surface area contributed by atoms with E-state index in [0.29, 0.717) is 11.5 Å². The Morgan fingerprint density at radius 3 is 2.58 bits per heavy atom. The second-order valence-corrected chi connectivity index (χ2v) is 7.03. The molecule has 2 fully saturated rings. The van der Waals surface area contributed by atoms with Gasteiger partial charge in [0.1, 0.15) is 0 Å². The van der Waals surface area contributed by atoms with E-state index in [2.05, 4.69) is 26.1 Å². The van der Waals surface area contributed by atoms with Crippen LogP contribution in [0.3, 0.4) is 0 Å². The Morgan fingerprint density at radius 2 is 2.00 bits per heavy atom. The van der Waals surface area contributed by atoms with Crippen molar-refractivity contribution in [3.8, 4) is 0 Å². The van der Waals surface area contributed by atoms with Gasteiger partial charge in [-0.05, 0) is 24.7 Å². The predicted octanol–water partition coefficient (Wildman–Crippen LogP) is 2.93. The molecule has 1 heterocycles. The largest absolute Gasteiger partial charge is 0.352 e. The Labute approximate surface area is 125 Å². The zero-order chi connectivity index (χ0) is 13.7. The fourth-order valence-electron chi connectivity index (χ4n) is 3.67. The first-order valence-corrected chi connectivity index (χ1v) is 8.81. The maximum Gasteiger partial charge on any atom is 0.217 e. The van der Waals surface area contributed by atoms with Gasteiger partial charge in [0.05, 0.1) is 0 Å². The second-order valence-electron chi connectivity index (χ2n) is 6.47. The van der Waals surface area contributed by atoms with Gasteiger partial charge in [0.15, 0.2) is 0 Å². The zero-order valence-electron chi connectivity index (χ0n) is 12.1. The smallest absolute Gasteiger partial charge is 0.217 e. The Hall–Kier alpha value is -0.0900. The van der Waals surface area contributed by atoms with E-state index < -0.39 is 0 Å². The molecule has 0 bridgehead atoms. The number of rotatable bonds is 4. The number of halogens is 1. The highest BCUT2D eigenvalue weighted by Gasteiger charge is 2.34. The molecule has 0 aromatic heterocycles. The van der Waals surface area contributed by atoms with Crippen molar-refractivity contribution in [2.24, 2.45) is 5.41 Å². The molecule has 1 atom stereocenters. The first-order valence-electron chi connectivity index (χ1n) is 7.69. The first kappa shape index (κ1) is 15.3. The molecule has 0 aromatic rings. The number of carbonyl (C=O) groups is 1. The summed E-state index contributed by atoms with van der Waals surface area (Å²) in [5.74, 6) is 0.108. The van der Waals surface area contributed by atoms with Gasteiger partial charge in [0.25, 0.3) is 0 Å². The van der Waals surface area contributed by atoms with Crippen LogP contribution in [-0.4, -0.2) is 41.8 Å². The number of carbonyl (C=O) groups excluding carboxylic acids is 1. The van der Waals surface area contributed by atoms with Crippen molar-refractivity contribution < 1.29 is 4.79 Å². The van der Waals surface area contributed by atoms with Crippen LogP contribution < -0.4 is 5.32 Å². The molecule has 1 aliphatic carbocycles. The molecule has 1 N–H and O–H groups in total. The van der Waals surface area contributed by atoms with E-state index in [1.165, 1.54) is 45.1 Å². The lowest BCUT2D eigenvalue weighted by molar-refractivity contribution is -0.119. The SMILES string of the molecule is CC(=O)NC1CCN(CC2(CBr)CCCCCC2)C1. The lowest BCUT2D eigenvalue weighted by Crippen LogP contribution is -2.40. The normalized spacial score (nSPS) is 28.0. The monoisotopic (exact) mass is 330 g/mol. The predicted molar refractivity (Wildman–Crippen MR) is 82.6 cm³/mol. The van der Waals surface area contributed by atoms with Crippen LogP contribution in [0.15, 0.2) is 0 Å². The molecule has 1 aliphatic heterocycles. The van der Waals surface area contributed by atoms with Gasteiger partial charge in [0, 0.05) is 37.9 Å². The number of alkyl halides is 1. The lowest BCUT2D eigenvalue weighted by atomic mass is 9.82. The molecule has 0 radical (unpaired) electrons. The van der Waals surface area contributed by atoms with Crippen molar-refractivity contribution in [3.63, 3.8) is 0 Å². The van der Waals surface area contributed by atoms with Gasteiger partial charge < -0.3 is 10.2 Å². The molecular formula is C15H27BrN2O. The van der Waals surface area contributed by atoms with E-state index in [-0.39, 0.29) is 5.91 Å². The number of nitrogens with zero attached hydrogens (tertiary/aromatic N) is 1. The third-order valence-corrected chi connectivity index (χ3v) is 5.88. The van der Waals surface area contributed by atoms with Crippen LogP contribution in [0.4, 0.5) is 0 Å². The van der Waals surface area contributed by atoms with Crippen molar-refractivity contribution in [2.45, 2.75) is 57.9 Å². The first-order chi connectivity index (χ1) is 9.13. The van der Waals surface area contributed by atoms with Crippen molar-refractivity contribution >= 4 is 21.8 Å². The van der Waals surface area contributed by atoms with Crippen molar-refractivity contribution in [1.82, 2.24) is 10.2 Å². The van der Waals surface area contributed by atoms with Crippen molar-refractivity contribution in [2.75, 3.05) is 25.0 Å². The summed E-state index contributed by atoms with van der Waals surface area (Å²) in [7, 11) is 0. The Kier molecular flexibility index (Phi) is 5.70. The Bertz CT molecular complexity index is 301. The molecule has 2 rings (SSSR count). The molecule has 19 heavy (non-hydrogen) atoms. The van der Waals surface area contributed by atoms with Crippen molar-refractivity contribution in [1.29, 1.82) is 0 Å². The summed E-state index contributed by atoms with van der Waals surface area (Å²) in [6.07, 6.45) is 9.41. The van der Waals surface area contributed by atoms with Gasteiger partial charge >= 0.3 is 0 Å². The summed E-state index contributed by atoms with van der Waals surface area (Å²) in [6, 6.07) is 0.371. The molecule has 1 unspecified atom stereocenters. The number of nitrogens with one attached hydrogen (secondary N) is 1. The summed E-state index contributed by atoms with van der Waals surface area (Å²) in [5.41, 5.74) is 0.474. The quantitative estimate of drug-likeness (QED) is 0.635. The van der Waals surface area contributed by atoms with E-state index in [1.807, 2.05) is 0 Å². The van der Waals surface area contributed by atoms with Gasteiger partial charge in [-0.3, -0.25) is 4.79 Å². The zero-order valence-corrected chi connectivity index (χ0v) is 13.7. The summed E-state index contributed by atoms with van der Waals surface area (Å²) in [4.78, 5) is 13.7. The molecule has 4 heteroatoms. The Morgan fingerprint density at radius 1 is 1.32 bits per heavy atom. The minimum absolute atomic E-state index is 0.108. The maximum absolute atomic E-state index is 11.1. The molecular weight excluding hydrogens is 304 g/mol. The van der Waals surface area contributed by atoms with Crippen LogP contribution in [0, 0.1) is 5.41 Å². The van der Waals surface area contributed by atoms with E-state index in [1.54, 1.807) is 6.92 Å². The van der Waals surface area contributed by atoms with Crippen LogP contribution >= 0.6 is 15.9 Å². The standard InChI is InChI=1S/C15H27BrN2O/c1-13(19)17-14-6-9-18(10-14)12-15(11-16)7-4-2-3-5-8-15/h14H,2-12H2,1H3,(H,17,19). The van der Waals surface area contributed by atoms with Crippen LogP contribution in [0.25, 0.3) is 0 Å². The van der Waals surface area contributed by atoms with E-state index in [4.69, 9.17) is 0 Å². The highest BCUT2D eigenvalue weighted by molar-refractivity contribution is 9.09. The fourth-order valence-corrected chi connectivity index (χ4v) is 4.41. The fraction of sp³-hybridized carbons (Fsp3) is 0.933. The maximum atomic E-state index is 11.1. The van der Waals surface area contributed by atoms with Crippen LogP contribution in [0.2, 0.25) is 0 Å². The molecule has 1 saturated carbocycles. The highest BCUT2D eigenvalue weighted by Crippen LogP contribution is 2.38. The van der Waals surface area contributed by atoms with Crippen LogP contribution in [-0.2, 0) is 4.79 Å². The Balaban J connectivity index is 1.86. The average molecular weight is 331 g/mol. The van der Waals surface area contributed by atoms with Gasteiger partial charge in [0.2, 0.25) is 5.91 Å². The van der Waals surface area contributed by atoms with Crippen LogP contribution in [0.1, 0.15) is 51.9 Å². The molecule has 0 aromatic carbocycles. The summed E-state index contributed by atoms with van der Waals surface area (Å²) < 4.78 is 0. The topological polar surface area (TPSA) is 32.3 Å². The summed E-state index contributed by atoms with van der Waals surface area (Å²) in [6.45, 7) is 5.00. The number of hydrogen-bond acceptors (Lipinski definition) is 2. The van der Waals surface area contributed by atoms with Crippen LogP contribution in [0.5, 0.6) is 0 Å². The molecule has 3 nitrogen and oxygen atoms in total. The minimum atomic E-state index is 0.108. The molecule has 2 aliphatic rings. The van der Waals surface area contributed by atoms with Gasteiger partial charge in [-0.2, -0.15) is 0 Å². The van der Waals surface area contributed by atoms with E-state index in [9.17, 15) is 4.79 Å². The van der Waals surface area contributed by atoms with Gasteiger partial charge in [-0.15, -0.1) is 0 Å². The second kappa shape index (κ2) is 7.07. The molecule has 110 valence electrons. The molecule has 1 amide bonds.